The van der Waals surface area contributed by atoms with Gasteiger partial charge < -0.3 is 14.4 Å². The van der Waals surface area contributed by atoms with Gasteiger partial charge in [0, 0.05) is 18.2 Å². The largest absolute Gasteiger partial charge is 0.460 e. The Kier molecular flexibility index (Phi) is 10.4. The zero-order valence-electron chi connectivity index (χ0n) is 22.8. The number of esters is 1. The van der Waals surface area contributed by atoms with E-state index in [2.05, 4.69) is 15.0 Å². The lowest BCUT2D eigenvalue weighted by molar-refractivity contribution is -0.122. The van der Waals surface area contributed by atoms with E-state index in [-0.39, 0.29) is 42.1 Å². The number of aromatic nitrogens is 3. The van der Waals surface area contributed by atoms with Gasteiger partial charge in [-0.15, -0.1) is 0 Å². The fourth-order valence-corrected chi connectivity index (χ4v) is 5.94. The smallest absolute Gasteiger partial charge is 0.338 e. The van der Waals surface area contributed by atoms with Crippen LogP contribution in [0.15, 0.2) is 71.5 Å². The number of alkyl halides is 6. The number of benzene rings is 2. The number of hydrogen-bond donors (Lipinski definition) is 0. The summed E-state index contributed by atoms with van der Waals surface area (Å²) in [6.45, 7) is 2.70. The molecule has 45 heavy (non-hydrogen) atoms. The number of ether oxygens (including phenoxy) is 2. The van der Waals surface area contributed by atoms with Crippen molar-refractivity contribution >= 4 is 115 Å². The normalized spacial score (nSPS) is 16.9. The van der Waals surface area contributed by atoms with E-state index in [1.54, 1.807) is 24.3 Å². The van der Waals surface area contributed by atoms with Gasteiger partial charge in [-0.05, 0) is 37.3 Å². The second kappa shape index (κ2) is 13.8. The molecule has 3 aromatic rings. The number of hydrogen-bond acceptors (Lipinski definition) is 10. The third kappa shape index (κ3) is 7.80. The molecule has 0 atom stereocenters. The van der Waals surface area contributed by atoms with Crippen LogP contribution in [0.25, 0.3) is 11.4 Å². The van der Waals surface area contributed by atoms with E-state index in [4.69, 9.17) is 91.3 Å². The molecule has 0 saturated carbocycles. The monoisotopic (exact) mass is 763 g/mol. The Labute approximate surface area is 297 Å². The molecule has 1 fully saturated rings. The van der Waals surface area contributed by atoms with Crippen molar-refractivity contribution in [1.82, 2.24) is 19.9 Å². The number of fused-ring (bicyclic) bond motifs is 1. The average molecular weight is 766 g/mol. The van der Waals surface area contributed by atoms with Crippen LogP contribution in [-0.2, 0) is 17.1 Å². The van der Waals surface area contributed by atoms with Crippen LogP contribution in [0.3, 0.4) is 0 Å². The summed E-state index contributed by atoms with van der Waals surface area (Å²) in [6.07, 6.45) is 3.42. The van der Waals surface area contributed by atoms with Crippen LogP contribution in [0, 0.1) is 0 Å². The van der Waals surface area contributed by atoms with Crippen LogP contribution in [0.1, 0.15) is 28.9 Å². The molecule has 234 valence electrons. The Morgan fingerprint density at radius 1 is 0.956 bits per heavy atom. The van der Waals surface area contributed by atoms with Crippen molar-refractivity contribution in [3.05, 3.63) is 88.7 Å². The summed E-state index contributed by atoms with van der Waals surface area (Å²) in [4.78, 5) is 41.8. The number of thiocarbonyl (C=S) groups is 1. The van der Waals surface area contributed by atoms with Crippen LogP contribution in [0.5, 0.6) is 5.75 Å². The summed E-state index contributed by atoms with van der Waals surface area (Å²) in [7, 11) is 0. The Morgan fingerprint density at radius 2 is 1.60 bits per heavy atom. The zero-order valence-corrected chi connectivity index (χ0v) is 29.0. The number of allylic oxidation sites excluding steroid dienone is 2. The molecular formula is C28H19Cl6N5O4S2. The summed E-state index contributed by atoms with van der Waals surface area (Å²) < 4.78 is 7.67. The average Bonchev–Trinajstić information content (AvgIpc) is 3.50. The molecular weight excluding hydrogens is 747 g/mol. The summed E-state index contributed by atoms with van der Waals surface area (Å²) in [6, 6.07) is 13.8. The highest BCUT2D eigenvalue weighted by Crippen LogP contribution is 2.41. The summed E-state index contributed by atoms with van der Waals surface area (Å²) in [5, 5.41) is 0. The molecule has 0 N–H and O–H groups in total. The molecule has 2 aliphatic heterocycles. The molecule has 2 aromatic carbocycles. The van der Waals surface area contributed by atoms with E-state index in [9.17, 15) is 9.59 Å². The number of thioether (sulfide) groups is 1. The highest BCUT2D eigenvalue weighted by molar-refractivity contribution is 8.26. The SMILES string of the molecule is CCN1C(=CC=C2SC(=S)N(CCOC(=O)c3ccc(-c4nc(C(Cl)(Cl)Cl)nc(C(Cl)(Cl)Cl)n4)cc3)C2=O)Oc2ccccc21. The van der Waals surface area contributed by atoms with Gasteiger partial charge >= 0.3 is 5.97 Å². The number of anilines is 1. The topological polar surface area (TPSA) is 97.8 Å². The minimum atomic E-state index is -2.01. The van der Waals surface area contributed by atoms with Crippen LogP contribution in [0.2, 0.25) is 0 Å². The first-order chi connectivity index (χ1) is 21.3. The molecule has 5 rings (SSSR count). The summed E-state index contributed by atoms with van der Waals surface area (Å²) in [5.74, 6) is 0.00530. The molecule has 0 radical (unpaired) electrons. The van der Waals surface area contributed by atoms with Crippen molar-refractivity contribution in [2.24, 2.45) is 0 Å². The fraction of sp³-hybridized carbons (Fsp3) is 0.214. The fourth-order valence-electron chi connectivity index (χ4n) is 4.18. The van der Waals surface area contributed by atoms with Gasteiger partial charge in [0.05, 0.1) is 22.7 Å². The number of carbonyl (C=O) groups excluding carboxylic acids is 2. The van der Waals surface area contributed by atoms with Gasteiger partial charge in [-0.25, -0.2) is 19.7 Å². The quantitative estimate of drug-likeness (QED) is 0.102. The highest BCUT2D eigenvalue weighted by Gasteiger charge is 2.35. The predicted molar refractivity (Wildman–Crippen MR) is 182 cm³/mol. The van der Waals surface area contributed by atoms with Crippen molar-refractivity contribution in [2.45, 2.75) is 14.5 Å². The maximum atomic E-state index is 13.0. The molecule has 0 bridgehead atoms. The molecule has 0 spiro atoms. The van der Waals surface area contributed by atoms with Crippen LogP contribution < -0.4 is 9.64 Å². The van der Waals surface area contributed by atoms with Gasteiger partial charge in [-0.2, -0.15) is 0 Å². The lowest BCUT2D eigenvalue weighted by Gasteiger charge is -2.16. The minimum Gasteiger partial charge on any atom is -0.460 e. The Bertz CT molecular complexity index is 1700. The number of para-hydroxylation sites is 2. The van der Waals surface area contributed by atoms with Gasteiger partial charge in [0.2, 0.25) is 13.5 Å². The van der Waals surface area contributed by atoms with Crippen LogP contribution in [0.4, 0.5) is 5.69 Å². The first-order valence-electron chi connectivity index (χ1n) is 12.9. The van der Waals surface area contributed by atoms with Crippen molar-refractivity contribution < 1.29 is 19.1 Å². The third-order valence-corrected chi connectivity index (χ3v) is 8.68. The number of nitrogens with zero attached hydrogens (tertiary/aromatic N) is 5. The van der Waals surface area contributed by atoms with Crippen LogP contribution in [-0.4, -0.2) is 55.7 Å². The molecule has 17 heteroatoms. The highest BCUT2D eigenvalue weighted by atomic mass is 35.6. The summed E-state index contributed by atoms with van der Waals surface area (Å²) >= 11 is 42.2. The number of carbonyl (C=O) groups is 2. The lowest BCUT2D eigenvalue weighted by Crippen LogP contribution is -2.32. The number of rotatable bonds is 7. The standard InChI is InChI=1S/C28H19Cl6N5O4S2/c1-2-38-17-5-3-4-6-18(17)43-20(38)12-11-19-22(40)39(26(44)45-19)13-14-42-23(41)16-9-7-15(8-10-16)21-35-24(27(29,30)31)37-25(36-21)28(32,33)34/h3-12H,2,13-14H2,1H3. The van der Waals surface area contributed by atoms with E-state index in [1.165, 1.54) is 17.0 Å². The lowest BCUT2D eigenvalue weighted by atomic mass is 10.1. The van der Waals surface area contributed by atoms with Gasteiger partial charge in [0.15, 0.2) is 23.2 Å². The minimum absolute atomic E-state index is 0.0528. The van der Waals surface area contributed by atoms with E-state index in [0.29, 0.717) is 27.2 Å². The molecule has 1 amide bonds. The molecule has 2 aliphatic rings. The van der Waals surface area contributed by atoms with E-state index in [0.717, 1.165) is 23.2 Å². The maximum absolute atomic E-state index is 13.0. The van der Waals surface area contributed by atoms with Crippen molar-refractivity contribution in [3.8, 4) is 17.1 Å². The number of halogens is 6. The van der Waals surface area contributed by atoms with Gasteiger partial charge in [-0.3, -0.25) is 9.69 Å². The van der Waals surface area contributed by atoms with Gasteiger partial charge in [0.1, 0.15) is 10.9 Å². The van der Waals surface area contributed by atoms with Gasteiger partial charge in [-0.1, -0.05) is 118 Å². The first kappa shape index (κ1) is 34.0. The van der Waals surface area contributed by atoms with Crippen molar-refractivity contribution in [1.29, 1.82) is 0 Å². The maximum Gasteiger partial charge on any atom is 0.338 e. The second-order valence-electron chi connectivity index (χ2n) is 9.19. The zero-order chi connectivity index (χ0) is 32.5. The first-order valence-corrected chi connectivity index (χ1v) is 16.4. The van der Waals surface area contributed by atoms with Gasteiger partial charge in [0.25, 0.3) is 5.91 Å². The third-order valence-electron chi connectivity index (χ3n) is 6.27. The molecule has 3 heterocycles. The molecule has 9 nitrogen and oxygen atoms in total. The predicted octanol–water partition coefficient (Wildman–Crippen LogP) is 7.85. The Hall–Kier alpha value is -2.35. The Morgan fingerprint density at radius 3 is 2.22 bits per heavy atom. The molecule has 0 unspecified atom stereocenters. The van der Waals surface area contributed by atoms with E-state index in [1.807, 2.05) is 36.1 Å². The summed E-state index contributed by atoms with van der Waals surface area (Å²) in [5.41, 5.74) is 1.61. The second-order valence-corrected chi connectivity index (χ2v) is 15.4. The number of amides is 1. The van der Waals surface area contributed by atoms with Crippen molar-refractivity contribution in [2.75, 3.05) is 24.6 Å². The van der Waals surface area contributed by atoms with E-state index >= 15 is 0 Å². The molecule has 1 aromatic heterocycles. The molecule has 1 saturated heterocycles. The van der Waals surface area contributed by atoms with Crippen LogP contribution >= 0.6 is 93.6 Å². The Balaban J connectivity index is 1.20. The molecule has 0 aliphatic carbocycles. The van der Waals surface area contributed by atoms with E-state index < -0.39 is 13.6 Å². The van der Waals surface area contributed by atoms with Crippen molar-refractivity contribution in [3.63, 3.8) is 0 Å².